The summed E-state index contributed by atoms with van der Waals surface area (Å²) in [4.78, 5) is 0. The van der Waals surface area contributed by atoms with Crippen LogP contribution in [-0.4, -0.2) is 12.2 Å². The maximum absolute atomic E-state index is 5.96. The summed E-state index contributed by atoms with van der Waals surface area (Å²) in [5, 5.41) is 0. The minimum atomic E-state index is 0.327. The van der Waals surface area contributed by atoms with Gasteiger partial charge in [-0.1, -0.05) is 20.3 Å². The molecule has 1 heterocycles. The molecular weight excluding hydrogens is 160 g/mol. The summed E-state index contributed by atoms with van der Waals surface area (Å²) in [6.07, 6.45) is 8.12. The van der Waals surface area contributed by atoms with Crippen LogP contribution in [0.2, 0.25) is 0 Å². The van der Waals surface area contributed by atoms with Gasteiger partial charge in [0.15, 0.2) is 0 Å². The fraction of sp³-hybridized carbons (Fsp3) is 1.00. The summed E-state index contributed by atoms with van der Waals surface area (Å²) < 4.78 is 5.96. The average molecular weight is 182 g/mol. The van der Waals surface area contributed by atoms with Crippen LogP contribution in [0.1, 0.15) is 52.4 Å². The highest BCUT2D eigenvalue weighted by atomic mass is 16.5. The minimum Gasteiger partial charge on any atom is -0.375 e. The molecule has 1 aliphatic heterocycles. The number of hydrogen-bond acceptors (Lipinski definition) is 1. The predicted octanol–water partition coefficient (Wildman–Crippen LogP) is 3.38. The average Bonchev–Trinajstić information content (AvgIpc) is 2.53. The van der Waals surface area contributed by atoms with Gasteiger partial charge in [-0.3, -0.25) is 0 Å². The third kappa shape index (κ3) is 1.90. The first-order valence-electron chi connectivity index (χ1n) is 5.86. The van der Waals surface area contributed by atoms with Crippen molar-refractivity contribution < 1.29 is 4.74 Å². The molecule has 0 radical (unpaired) electrons. The monoisotopic (exact) mass is 182 g/mol. The topological polar surface area (TPSA) is 9.23 Å². The molecule has 2 rings (SSSR count). The maximum atomic E-state index is 5.96. The highest BCUT2D eigenvalue weighted by molar-refractivity contribution is 4.91. The van der Waals surface area contributed by atoms with Crippen LogP contribution >= 0.6 is 0 Å². The number of ether oxygens (including phenoxy) is 1. The summed E-state index contributed by atoms with van der Waals surface area (Å²) >= 11 is 0. The van der Waals surface area contributed by atoms with Gasteiger partial charge in [0.25, 0.3) is 0 Å². The third-order valence-corrected chi connectivity index (χ3v) is 3.97. The van der Waals surface area contributed by atoms with Gasteiger partial charge >= 0.3 is 0 Å². The Morgan fingerprint density at radius 1 is 1.23 bits per heavy atom. The van der Waals surface area contributed by atoms with Crippen molar-refractivity contribution in [3.05, 3.63) is 0 Å². The molecule has 0 N–H and O–H groups in total. The van der Waals surface area contributed by atoms with Gasteiger partial charge in [-0.2, -0.15) is 0 Å². The Bertz CT molecular complexity index is 168. The van der Waals surface area contributed by atoms with Crippen molar-refractivity contribution in [2.75, 3.05) is 6.61 Å². The lowest BCUT2D eigenvalue weighted by Crippen LogP contribution is -2.36. The van der Waals surface area contributed by atoms with Crippen LogP contribution in [0.4, 0.5) is 0 Å². The first-order chi connectivity index (χ1) is 6.22. The van der Waals surface area contributed by atoms with Crippen LogP contribution < -0.4 is 0 Å². The Hall–Kier alpha value is -0.0400. The van der Waals surface area contributed by atoms with Gasteiger partial charge in [0.1, 0.15) is 0 Å². The molecule has 0 aromatic carbocycles. The molecule has 76 valence electrons. The summed E-state index contributed by atoms with van der Waals surface area (Å²) in [5.41, 5.74) is 0.327. The standard InChI is InChI=1S/C12H22O/c1-10(2)11-5-3-6-12(9-11)7-4-8-13-12/h10-11H,3-9H2,1-2H3/t11-,12+/m0/s1. The van der Waals surface area contributed by atoms with Gasteiger partial charge in [0, 0.05) is 6.61 Å². The summed E-state index contributed by atoms with van der Waals surface area (Å²) in [6, 6.07) is 0. The van der Waals surface area contributed by atoms with Crippen LogP contribution in [-0.2, 0) is 4.74 Å². The first kappa shape index (κ1) is 9.51. The van der Waals surface area contributed by atoms with Crippen molar-refractivity contribution in [2.45, 2.75) is 58.0 Å². The van der Waals surface area contributed by atoms with E-state index >= 15 is 0 Å². The van der Waals surface area contributed by atoms with Crippen LogP contribution in [0.5, 0.6) is 0 Å². The molecule has 2 aliphatic rings. The molecule has 1 nitrogen and oxygen atoms in total. The zero-order chi connectivity index (χ0) is 9.31. The van der Waals surface area contributed by atoms with Gasteiger partial charge in [0.2, 0.25) is 0 Å². The van der Waals surface area contributed by atoms with Crippen LogP contribution in [0.15, 0.2) is 0 Å². The molecule has 1 heteroatoms. The fourth-order valence-corrected chi connectivity index (χ4v) is 3.05. The Labute approximate surface area is 81.9 Å². The normalized spacial score (nSPS) is 40.4. The first-order valence-corrected chi connectivity index (χ1v) is 5.86. The van der Waals surface area contributed by atoms with Crippen LogP contribution in [0.3, 0.4) is 0 Å². The van der Waals surface area contributed by atoms with Crippen molar-refractivity contribution in [3.8, 4) is 0 Å². The Balaban J connectivity index is 1.98. The van der Waals surface area contributed by atoms with Crippen molar-refractivity contribution in [1.29, 1.82) is 0 Å². The molecule has 0 unspecified atom stereocenters. The Kier molecular flexibility index (Phi) is 2.64. The molecule has 0 amide bonds. The van der Waals surface area contributed by atoms with E-state index in [1.165, 1.54) is 38.5 Å². The molecule has 1 spiro atoms. The lowest BCUT2D eigenvalue weighted by molar-refractivity contribution is -0.0468. The zero-order valence-electron chi connectivity index (χ0n) is 9.01. The summed E-state index contributed by atoms with van der Waals surface area (Å²) in [7, 11) is 0. The summed E-state index contributed by atoms with van der Waals surface area (Å²) in [5.74, 6) is 1.77. The summed E-state index contributed by atoms with van der Waals surface area (Å²) in [6.45, 7) is 5.74. The molecule has 0 aromatic heterocycles. The SMILES string of the molecule is CC(C)[C@H]1CCC[C@@]2(CCCO2)C1. The molecule has 2 atom stereocenters. The van der Waals surface area contributed by atoms with Crippen molar-refractivity contribution in [2.24, 2.45) is 11.8 Å². The van der Waals surface area contributed by atoms with E-state index in [2.05, 4.69) is 13.8 Å². The molecule has 1 saturated heterocycles. The number of rotatable bonds is 1. The molecule has 2 fully saturated rings. The third-order valence-electron chi connectivity index (χ3n) is 3.97. The van der Waals surface area contributed by atoms with E-state index < -0.39 is 0 Å². The predicted molar refractivity (Wildman–Crippen MR) is 54.7 cm³/mol. The molecular formula is C12H22O. The lowest BCUT2D eigenvalue weighted by atomic mass is 9.72. The van der Waals surface area contributed by atoms with Crippen LogP contribution in [0.25, 0.3) is 0 Å². The molecule has 1 aliphatic carbocycles. The fourth-order valence-electron chi connectivity index (χ4n) is 3.05. The second-order valence-electron chi connectivity index (χ2n) is 5.24. The highest BCUT2D eigenvalue weighted by Gasteiger charge is 2.40. The molecule has 0 aromatic rings. The Morgan fingerprint density at radius 2 is 2.00 bits per heavy atom. The zero-order valence-corrected chi connectivity index (χ0v) is 9.01. The lowest BCUT2D eigenvalue weighted by Gasteiger charge is -2.39. The van der Waals surface area contributed by atoms with Crippen molar-refractivity contribution in [1.82, 2.24) is 0 Å². The largest absolute Gasteiger partial charge is 0.375 e. The van der Waals surface area contributed by atoms with E-state index in [0.717, 1.165) is 18.4 Å². The van der Waals surface area contributed by atoms with E-state index in [1.807, 2.05) is 0 Å². The van der Waals surface area contributed by atoms with Crippen LogP contribution in [0, 0.1) is 11.8 Å². The van der Waals surface area contributed by atoms with E-state index in [9.17, 15) is 0 Å². The highest BCUT2D eigenvalue weighted by Crippen LogP contribution is 2.43. The molecule has 1 saturated carbocycles. The smallest absolute Gasteiger partial charge is 0.0686 e. The van der Waals surface area contributed by atoms with Gasteiger partial charge in [-0.25, -0.2) is 0 Å². The van der Waals surface area contributed by atoms with Crippen molar-refractivity contribution in [3.63, 3.8) is 0 Å². The van der Waals surface area contributed by atoms with E-state index in [4.69, 9.17) is 4.74 Å². The van der Waals surface area contributed by atoms with Gasteiger partial charge in [-0.05, 0) is 43.9 Å². The van der Waals surface area contributed by atoms with E-state index in [1.54, 1.807) is 0 Å². The van der Waals surface area contributed by atoms with E-state index in [-0.39, 0.29) is 0 Å². The van der Waals surface area contributed by atoms with Crippen molar-refractivity contribution >= 4 is 0 Å². The second kappa shape index (κ2) is 3.61. The molecule has 0 bridgehead atoms. The maximum Gasteiger partial charge on any atom is 0.0686 e. The molecule has 13 heavy (non-hydrogen) atoms. The quantitative estimate of drug-likeness (QED) is 0.604. The minimum absolute atomic E-state index is 0.327. The Morgan fingerprint density at radius 3 is 2.62 bits per heavy atom. The van der Waals surface area contributed by atoms with Gasteiger partial charge in [0.05, 0.1) is 5.60 Å². The second-order valence-corrected chi connectivity index (χ2v) is 5.24. The van der Waals surface area contributed by atoms with Gasteiger partial charge in [-0.15, -0.1) is 0 Å². The van der Waals surface area contributed by atoms with E-state index in [0.29, 0.717) is 5.60 Å². The number of hydrogen-bond donors (Lipinski definition) is 0. The van der Waals surface area contributed by atoms with Gasteiger partial charge < -0.3 is 4.74 Å².